The number of nitrogens with zero attached hydrogens (tertiary/aromatic N) is 1. The molecule has 0 radical (unpaired) electrons. The molecule has 0 saturated carbocycles. The highest BCUT2D eigenvalue weighted by Gasteiger charge is 2.28. The van der Waals surface area contributed by atoms with Gasteiger partial charge in [-0.2, -0.15) is 0 Å². The second kappa shape index (κ2) is 6.82. The molecule has 1 aliphatic rings. The number of carbonyl (C=O) groups excluding carboxylic acids is 1. The quantitative estimate of drug-likeness (QED) is 0.693. The van der Waals surface area contributed by atoms with Gasteiger partial charge in [0.05, 0.1) is 5.92 Å². The summed E-state index contributed by atoms with van der Waals surface area (Å²) in [6.07, 6.45) is 1.12. The third kappa shape index (κ3) is 3.66. The topological polar surface area (TPSA) is 32.3 Å². The minimum atomic E-state index is 0.189. The molecule has 2 atom stereocenters. The molecule has 1 amide bonds. The molecule has 0 spiro atoms. The van der Waals surface area contributed by atoms with Crippen molar-refractivity contribution in [2.45, 2.75) is 27.2 Å². The van der Waals surface area contributed by atoms with Crippen LogP contribution >= 0.6 is 0 Å². The summed E-state index contributed by atoms with van der Waals surface area (Å²) in [5.74, 6) is 0.976. The van der Waals surface area contributed by atoms with Crippen molar-refractivity contribution in [1.82, 2.24) is 10.2 Å². The highest BCUT2D eigenvalue weighted by molar-refractivity contribution is 5.78. The van der Waals surface area contributed by atoms with Crippen molar-refractivity contribution in [1.29, 1.82) is 0 Å². The Morgan fingerprint density at radius 1 is 1.36 bits per heavy atom. The van der Waals surface area contributed by atoms with Crippen LogP contribution in [0.25, 0.3) is 0 Å². The molecule has 1 N–H and O–H groups in total. The molecule has 3 heteroatoms. The Morgan fingerprint density at radius 3 is 2.36 bits per heavy atom. The first-order chi connectivity index (χ1) is 6.63. The van der Waals surface area contributed by atoms with Gasteiger partial charge in [0.25, 0.3) is 0 Å². The van der Waals surface area contributed by atoms with Gasteiger partial charge in [-0.1, -0.05) is 20.8 Å². The summed E-state index contributed by atoms with van der Waals surface area (Å²) in [7, 11) is 3.65. The van der Waals surface area contributed by atoms with Gasteiger partial charge in [0.2, 0.25) is 5.91 Å². The Bertz CT molecular complexity index is 169. The molecule has 0 aromatic rings. The molecular formula is C11H24N2O. The van der Waals surface area contributed by atoms with Gasteiger partial charge in [0.1, 0.15) is 0 Å². The van der Waals surface area contributed by atoms with Crippen molar-refractivity contribution in [2.75, 3.05) is 27.2 Å². The average Bonchev–Trinajstić information content (AvgIpc) is 2.20. The zero-order valence-electron chi connectivity index (χ0n) is 10.1. The Labute approximate surface area is 87.9 Å². The lowest BCUT2D eigenvalue weighted by Crippen LogP contribution is -2.44. The van der Waals surface area contributed by atoms with Crippen molar-refractivity contribution in [2.24, 2.45) is 11.8 Å². The SMILES string of the molecule is CC.CC1CCNCC1C(=O)N(C)C. The second-order valence-electron chi connectivity index (χ2n) is 3.81. The summed E-state index contributed by atoms with van der Waals surface area (Å²) < 4.78 is 0. The molecule has 0 aromatic heterocycles. The van der Waals surface area contributed by atoms with Gasteiger partial charge in [-0.05, 0) is 18.9 Å². The third-order valence-corrected chi connectivity index (χ3v) is 2.59. The van der Waals surface area contributed by atoms with E-state index in [9.17, 15) is 4.79 Å². The van der Waals surface area contributed by atoms with E-state index in [1.165, 1.54) is 0 Å². The fourth-order valence-corrected chi connectivity index (χ4v) is 1.65. The largest absolute Gasteiger partial charge is 0.349 e. The van der Waals surface area contributed by atoms with Crippen LogP contribution in [0.3, 0.4) is 0 Å². The number of carbonyl (C=O) groups is 1. The molecule has 0 aromatic carbocycles. The van der Waals surface area contributed by atoms with Crippen LogP contribution in [0.5, 0.6) is 0 Å². The smallest absolute Gasteiger partial charge is 0.226 e. The maximum Gasteiger partial charge on any atom is 0.226 e. The summed E-state index contributed by atoms with van der Waals surface area (Å²) in [6, 6.07) is 0. The van der Waals surface area contributed by atoms with Gasteiger partial charge in [-0.3, -0.25) is 4.79 Å². The van der Waals surface area contributed by atoms with Crippen molar-refractivity contribution in [3.63, 3.8) is 0 Å². The number of amides is 1. The second-order valence-corrected chi connectivity index (χ2v) is 3.81. The summed E-state index contributed by atoms with van der Waals surface area (Å²) in [5, 5.41) is 3.25. The van der Waals surface area contributed by atoms with E-state index in [1.54, 1.807) is 4.90 Å². The number of hydrogen-bond donors (Lipinski definition) is 1. The summed E-state index contributed by atoms with van der Waals surface area (Å²) >= 11 is 0. The fraction of sp³-hybridized carbons (Fsp3) is 0.909. The molecule has 0 bridgehead atoms. The summed E-state index contributed by atoms with van der Waals surface area (Å²) in [4.78, 5) is 13.3. The van der Waals surface area contributed by atoms with Crippen molar-refractivity contribution < 1.29 is 4.79 Å². The van der Waals surface area contributed by atoms with Crippen molar-refractivity contribution in [3.05, 3.63) is 0 Å². The Morgan fingerprint density at radius 2 is 1.93 bits per heavy atom. The van der Waals surface area contributed by atoms with Crippen LogP contribution in [0.15, 0.2) is 0 Å². The van der Waals surface area contributed by atoms with E-state index in [-0.39, 0.29) is 11.8 Å². The third-order valence-electron chi connectivity index (χ3n) is 2.59. The van der Waals surface area contributed by atoms with E-state index in [0.717, 1.165) is 19.5 Å². The Hall–Kier alpha value is -0.570. The maximum atomic E-state index is 11.6. The lowest BCUT2D eigenvalue weighted by molar-refractivity contribution is -0.135. The molecule has 3 nitrogen and oxygen atoms in total. The highest BCUT2D eigenvalue weighted by atomic mass is 16.2. The molecular weight excluding hydrogens is 176 g/mol. The van der Waals surface area contributed by atoms with Gasteiger partial charge in [-0.25, -0.2) is 0 Å². The summed E-state index contributed by atoms with van der Waals surface area (Å²) in [5.41, 5.74) is 0. The van der Waals surface area contributed by atoms with Gasteiger partial charge in [-0.15, -0.1) is 0 Å². The molecule has 1 saturated heterocycles. The molecule has 1 rings (SSSR count). The molecule has 2 unspecified atom stereocenters. The predicted octanol–water partition coefficient (Wildman–Crippen LogP) is 1.35. The van der Waals surface area contributed by atoms with Crippen LogP contribution in [0.2, 0.25) is 0 Å². The van der Waals surface area contributed by atoms with Crippen molar-refractivity contribution in [3.8, 4) is 0 Å². The molecule has 1 fully saturated rings. The lowest BCUT2D eigenvalue weighted by Gasteiger charge is -2.30. The van der Waals surface area contributed by atoms with Crippen LogP contribution in [0, 0.1) is 11.8 Å². The Balaban J connectivity index is 0.000000791. The van der Waals surface area contributed by atoms with Gasteiger partial charge in [0, 0.05) is 20.6 Å². The molecule has 84 valence electrons. The van der Waals surface area contributed by atoms with Crippen LogP contribution in [0.1, 0.15) is 27.2 Å². The van der Waals surface area contributed by atoms with E-state index in [1.807, 2.05) is 27.9 Å². The number of piperidine rings is 1. The fourth-order valence-electron chi connectivity index (χ4n) is 1.65. The number of hydrogen-bond acceptors (Lipinski definition) is 2. The molecule has 0 aliphatic carbocycles. The lowest BCUT2D eigenvalue weighted by atomic mass is 9.87. The van der Waals surface area contributed by atoms with Crippen LogP contribution in [-0.4, -0.2) is 38.0 Å². The molecule has 1 aliphatic heterocycles. The standard InChI is InChI=1S/C9H18N2O.C2H6/c1-7-4-5-10-6-8(7)9(12)11(2)3;1-2/h7-8,10H,4-6H2,1-3H3;1-2H3. The van der Waals surface area contributed by atoms with Crippen LogP contribution in [0.4, 0.5) is 0 Å². The molecule has 14 heavy (non-hydrogen) atoms. The minimum absolute atomic E-state index is 0.189. The summed E-state index contributed by atoms with van der Waals surface area (Å²) in [6.45, 7) is 8.06. The van der Waals surface area contributed by atoms with E-state index in [0.29, 0.717) is 5.92 Å². The van der Waals surface area contributed by atoms with E-state index >= 15 is 0 Å². The Kier molecular flexibility index (Phi) is 6.54. The predicted molar refractivity (Wildman–Crippen MR) is 60.2 cm³/mol. The minimum Gasteiger partial charge on any atom is -0.349 e. The van der Waals surface area contributed by atoms with Gasteiger partial charge < -0.3 is 10.2 Å². The van der Waals surface area contributed by atoms with E-state index in [4.69, 9.17) is 0 Å². The van der Waals surface area contributed by atoms with Crippen LogP contribution < -0.4 is 5.32 Å². The van der Waals surface area contributed by atoms with Gasteiger partial charge in [0.15, 0.2) is 0 Å². The highest BCUT2D eigenvalue weighted by Crippen LogP contribution is 2.19. The van der Waals surface area contributed by atoms with E-state index < -0.39 is 0 Å². The number of nitrogens with one attached hydrogen (secondary N) is 1. The first kappa shape index (κ1) is 13.4. The van der Waals surface area contributed by atoms with Gasteiger partial charge >= 0.3 is 0 Å². The zero-order valence-corrected chi connectivity index (χ0v) is 10.1. The normalized spacial score (nSPS) is 26.1. The maximum absolute atomic E-state index is 11.6. The van der Waals surface area contributed by atoms with Crippen molar-refractivity contribution >= 4 is 5.91 Å². The monoisotopic (exact) mass is 200 g/mol. The molecule has 1 heterocycles. The number of rotatable bonds is 1. The van der Waals surface area contributed by atoms with Crippen LogP contribution in [-0.2, 0) is 4.79 Å². The average molecular weight is 200 g/mol. The van der Waals surface area contributed by atoms with E-state index in [2.05, 4.69) is 12.2 Å². The first-order valence-corrected chi connectivity index (χ1v) is 5.55. The first-order valence-electron chi connectivity index (χ1n) is 5.55. The zero-order chi connectivity index (χ0) is 11.1.